The van der Waals surface area contributed by atoms with Crippen molar-refractivity contribution in [3.05, 3.63) is 65.2 Å². The van der Waals surface area contributed by atoms with Gasteiger partial charge in [-0.3, -0.25) is 0 Å². The van der Waals surface area contributed by atoms with Crippen LogP contribution >= 0.6 is 0 Å². The van der Waals surface area contributed by atoms with Gasteiger partial charge in [-0.2, -0.15) is 0 Å². The fourth-order valence-corrected chi connectivity index (χ4v) is 3.63. The predicted octanol–water partition coefficient (Wildman–Crippen LogP) is 3.79. The van der Waals surface area contributed by atoms with Crippen LogP contribution in [0.5, 0.6) is 5.75 Å². The number of carbonyl (C=O) groups is 1. The maximum absolute atomic E-state index is 12.2. The molecule has 0 aromatic heterocycles. The Balaban J connectivity index is 1.43. The summed E-state index contributed by atoms with van der Waals surface area (Å²) in [6.07, 6.45) is 3.91. The minimum absolute atomic E-state index is 0.137. The minimum Gasteiger partial charge on any atom is -0.489 e. The zero-order valence-corrected chi connectivity index (χ0v) is 18.0. The number of esters is 1. The Morgan fingerprint density at radius 3 is 2.21 bits per heavy atom. The summed E-state index contributed by atoms with van der Waals surface area (Å²) in [7, 11) is 0. The quantitative estimate of drug-likeness (QED) is 0.724. The van der Waals surface area contributed by atoms with Crippen molar-refractivity contribution in [3.8, 4) is 5.75 Å². The normalized spacial score (nSPS) is 15.1. The van der Waals surface area contributed by atoms with Crippen molar-refractivity contribution in [2.24, 2.45) is 0 Å². The van der Waals surface area contributed by atoms with Gasteiger partial charge in [0.1, 0.15) is 25.5 Å². The lowest BCUT2D eigenvalue weighted by atomic mass is 9.87. The first-order chi connectivity index (χ1) is 13.9. The van der Waals surface area contributed by atoms with Gasteiger partial charge in [0.25, 0.3) is 0 Å². The first-order valence-electron chi connectivity index (χ1n) is 10.7. The number of piperidine rings is 1. The maximum Gasteiger partial charge on any atom is 0.338 e. The van der Waals surface area contributed by atoms with Crippen LogP contribution in [0.4, 0.5) is 0 Å². The molecule has 0 saturated carbocycles. The van der Waals surface area contributed by atoms with Crippen LogP contribution in [-0.2, 0) is 16.8 Å². The summed E-state index contributed by atoms with van der Waals surface area (Å²) in [5, 5.41) is 0. The first-order valence-corrected chi connectivity index (χ1v) is 10.7. The number of likely N-dealkylation sites (tertiary alicyclic amines) is 1. The minimum atomic E-state index is -0.244. The van der Waals surface area contributed by atoms with Crippen molar-refractivity contribution >= 4 is 5.97 Å². The highest BCUT2D eigenvalue weighted by atomic mass is 16.5. The lowest BCUT2D eigenvalue weighted by molar-refractivity contribution is -0.905. The molecule has 1 fully saturated rings. The Kier molecular flexibility index (Phi) is 7.32. The van der Waals surface area contributed by atoms with Crippen molar-refractivity contribution in [2.45, 2.75) is 52.1 Å². The van der Waals surface area contributed by atoms with E-state index in [0.29, 0.717) is 18.8 Å². The first kappa shape index (κ1) is 21.4. The summed E-state index contributed by atoms with van der Waals surface area (Å²) in [4.78, 5) is 13.8. The molecule has 0 unspecified atom stereocenters. The van der Waals surface area contributed by atoms with Crippen molar-refractivity contribution in [1.82, 2.24) is 0 Å². The van der Waals surface area contributed by atoms with Gasteiger partial charge in [0.2, 0.25) is 0 Å². The number of hydrogen-bond acceptors (Lipinski definition) is 3. The summed E-state index contributed by atoms with van der Waals surface area (Å²) in [5.74, 6) is 0.605. The van der Waals surface area contributed by atoms with E-state index in [9.17, 15) is 4.79 Å². The second-order valence-electron chi connectivity index (χ2n) is 8.96. The summed E-state index contributed by atoms with van der Waals surface area (Å²) < 4.78 is 11.3. The van der Waals surface area contributed by atoms with E-state index in [1.54, 1.807) is 4.90 Å². The molecule has 1 saturated heterocycles. The Bertz CT molecular complexity index is 769. The second-order valence-corrected chi connectivity index (χ2v) is 8.96. The lowest BCUT2D eigenvalue weighted by Crippen LogP contribution is -3.13. The van der Waals surface area contributed by atoms with E-state index in [1.807, 2.05) is 36.4 Å². The fraction of sp³-hybridized carbons (Fsp3) is 0.480. The molecule has 0 aliphatic carbocycles. The van der Waals surface area contributed by atoms with Crippen LogP contribution in [-0.4, -0.2) is 32.2 Å². The monoisotopic (exact) mass is 396 g/mol. The van der Waals surface area contributed by atoms with E-state index in [4.69, 9.17) is 9.47 Å². The SMILES string of the molecule is CC(C)(C)c1ccc(OCc2ccc(C(=O)OCC[NH+]3CCCCC3)cc2)cc1. The number of ether oxygens (including phenoxy) is 2. The molecule has 1 N–H and O–H groups in total. The highest BCUT2D eigenvalue weighted by Gasteiger charge is 2.15. The summed E-state index contributed by atoms with van der Waals surface area (Å²) in [6, 6.07) is 15.7. The Hall–Kier alpha value is -2.33. The molecule has 1 aliphatic heterocycles. The maximum atomic E-state index is 12.2. The third kappa shape index (κ3) is 6.60. The highest BCUT2D eigenvalue weighted by Crippen LogP contribution is 2.24. The molecule has 0 radical (unpaired) electrons. The zero-order valence-electron chi connectivity index (χ0n) is 18.0. The molecular formula is C25H34NO3+. The molecule has 0 spiro atoms. The van der Waals surface area contributed by atoms with Gasteiger partial charge in [-0.15, -0.1) is 0 Å². The van der Waals surface area contributed by atoms with Crippen molar-refractivity contribution in [2.75, 3.05) is 26.2 Å². The van der Waals surface area contributed by atoms with Gasteiger partial charge in [0.15, 0.2) is 0 Å². The molecule has 1 aliphatic rings. The van der Waals surface area contributed by atoms with E-state index >= 15 is 0 Å². The third-order valence-electron chi connectivity index (χ3n) is 5.56. The van der Waals surface area contributed by atoms with Gasteiger partial charge in [-0.25, -0.2) is 4.79 Å². The van der Waals surface area contributed by atoms with Crippen LogP contribution in [0, 0.1) is 0 Å². The van der Waals surface area contributed by atoms with Crippen LogP contribution < -0.4 is 9.64 Å². The van der Waals surface area contributed by atoms with Crippen LogP contribution in [0.3, 0.4) is 0 Å². The topological polar surface area (TPSA) is 40.0 Å². The van der Waals surface area contributed by atoms with Crippen LogP contribution in [0.15, 0.2) is 48.5 Å². The number of nitrogens with one attached hydrogen (secondary N) is 1. The lowest BCUT2D eigenvalue weighted by Gasteiger charge is -2.23. The van der Waals surface area contributed by atoms with Gasteiger partial charge < -0.3 is 14.4 Å². The van der Waals surface area contributed by atoms with E-state index in [-0.39, 0.29) is 11.4 Å². The average Bonchev–Trinajstić information content (AvgIpc) is 2.73. The molecule has 2 aromatic rings. The number of quaternary nitrogens is 1. The molecule has 29 heavy (non-hydrogen) atoms. The molecule has 0 amide bonds. The smallest absolute Gasteiger partial charge is 0.338 e. The van der Waals surface area contributed by atoms with E-state index < -0.39 is 0 Å². The third-order valence-corrected chi connectivity index (χ3v) is 5.56. The van der Waals surface area contributed by atoms with E-state index in [0.717, 1.165) is 17.9 Å². The second kappa shape index (κ2) is 9.93. The van der Waals surface area contributed by atoms with Gasteiger partial charge in [-0.05, 0) is 60.1 Å². The number of carbonyl (C=O) groups excluding carboxylic acids is 1. The molecule has 2 aromatic carbocycles. The number of rotatable bonds is 7. The van der Waals surface area contributed by atoms with Crippen LogP contribution in [0.1, 0.15) is 61.5 Å². The van der Waals surface area contributed by atoms with Crippen LogP contribution in [0.25, 0.3) is 0 Å². The molecule has 156 valence electrons. The zero-order chi connectivity index (χ0) is 20.7. The molecule has 3 rings (SSSR count). The van der Waals surface area contributed by atoms with E-state index in [1.165, 1.54) is 37.9 Å². The summed E-state index contributed by atoms with van der Waals surface area (Å²) in [5.41, 5.74) is 3.05. The fourth-order valence-electron chi connectivity index (χ4n) is 3.63. The molecular weight excluding hydrogens is 362 g/mol. The molecule has 4 nitrogen and oxygen atoms in total. The predicted molar refractivity (Wildman–Crippen MR) is 116 cm³/mol. The van der Waals surface area contributed by atoms with Gasteiger partial charge in [0.05, 0.1) is 18.7 Å². The summed E-state index contributed by atoms with van der Waals surface area (Å²) >= 11 is 0. The van der Waals surface area contributed by atoms with Crippen molar-refractivity contribution in [1.29, 1.82) is 0 Å². The molecule has 4 heteroatoms. The van der Waals surface area contributed by atoms with Crippen molar-refractivity contribution < 1.29 is 19.2 Å². The Morgan fingerprint density at radius 2 is 1.59 bits per heavy atom. The standard InChI is InChI=1S/C25H33NO3/c1-25(2,3)22-11-13-23(14-12-22)29-19-20-7-9-21(10-8-20)24(27)28-18-17-26-15-5-4-6-16-26/h7-14H,4-6,15-19H2,1-3H3/p+1. The average molecular weight is 397 g/mol. The number of benzene rings is 2. The van der Waals surface area contributed by atoms with Crippen molar-refractivity contribution in [3.63, 3.8) is 0 Å². The molecule has 0 bridgehead atoms. The Labute approximate surface area is 174 Å². The molecule has 1 heterocycles. The summed E-state index contributed by atoms with van der Waals surface area (Å²) in [6.45, 7) is 10.9. The number of hydrogen-bond donors (Lipinski definition) is 1. The van der Waals surface area contributed by atoms with Gasteiger partial charge in [-0.1, -0.05) is 45.0 Å². The van der Waals surface area contributed by atoms with E-state index in [2.05, 4.69) is 32.9 Å². The molecule has 0 atom stereocenters. The Morgan fingerprint density at radius 1 is 0.931 bits per heavy atom. The van der Waals surface area contributed by atoms with Gasteiger partial charge in [0, 0.05) is 0 Å². The van der Waals surface area contributed by atoms with Crippen LogP contribution in [0.2, 0.25) is 0 Å². The largest absolute Gasteiger partial charge is 0.489 e. The van der Waals surface area contributed by atoms with Gasteiger partial charge >= 0.3 is 5.97 Å². The highest BCUT2D eigenvalue weighted by molar-refractivity contribution is 5.89.